The van der Waals surface area contributed by atoms with Gasteiger partial charge in [0, 0.05) is 15.9 Å². The second kappa shape index (κ2) is 10.0. The molecule has 4 aromatic rings. The molecule has 0 aromatic heterocycles. The van der Waals surface area contributed by atoms with Crippen LogP contribution in [-0.4, -0.2) is 12.1 Å². The molecular weight excluding hydrogens is 476 g/mol. The van der Waals surface area contributed by atoms with Crippen molar-refractivity contribution in [2.75, 3.05) is 0 Å². The average molecular weight is 497 g/mol. The number of nitrogens with zero attached hydrogens (tertiary/aromatic N) is 1. The highest BCUT2D eigenvalue weighted by Crippen LogP contribution is 2.52. The van der Waals surface area contributed by atoms with Crippen molar-refractivity contribution in [2.45, 2.75) is 12.1 Å². The number of rotatable bonds is 6. The van der Waals surface area contributed by atoms with Gasteiger partial charge < -0.3 is 0 Å². The van der Waals surface area contributed by atoms with E-state index in [-0.39, 0.29) is 5.56 Å². The van der Waals surface area contributed by atoms with E-state index in [2.05, 4.69) is 4.74 Å². The van der Waals surface area contributed by atoms with Gasteiger partial charge in [0.25, 0.3) is 0 Å². The Morgan fingerprint density at radius 1 is 0.543 bits per heavy atom. The first-order valence-corrected chi connectivity index (χ1v) is 12.5. The van der Waals surface area contributed by atoms with Crippen molar-refractivity contribution in [3.05, 3.63) is 133 Å². The van der Waals surface area contributed by atoms with Gasteiger partial charge in [-0.25, -0.2) is 0 Å². The quantitative estimate of drug-likeness (QED) is 0.194. The van der Waals surface area contributed by atoms with Gasteiger partial charge in [-0.1, -0.05) is 121 Å². The Kier molecular flexibility index (Phi) is 7.04. The molecule has 1 nitrogen and oxygen atoms in total. The molecule has 0 saturated carbocycles. The van der Waals surface area contributed by atoms with Crippen LogP contribution in [0.1, 0.15) is 5.56 Å². The van der Waals surface area contributed by atoms with Crippen LogP contribution in [-0.2, 0) is 0 Å². The first kappa shape index (κ1) is 24.6. The third-order valence-electron chi connectivity index (χ3n) is 5.43. The summed E-state index contributed by atoms with van der Waals surface area (Å²) in [5.74, 6) is -5.17. The molecule has 0 saturated heterocycles. The SMILES string of the molecule is FC(F)(F)C(F)(F)/C(=C\c1ccccc1)N=P(c1ccccc1)(c1ccccc1)c1ccccc1. The molecular formula is C28H21F5NP. The minimum Gasteiger partial charge on any atom is -0.252 e. The largest absolute Gasteiger partial charge is 0.459 e. The molecule has 0 aliphatic carbocycles. The number of halogens is 5. The second-order valence-electron chi connectivity index (χ2n) is 7.75. The summed E-state index contributed by atoms with van der Waals surface area (Å²) in [5, 5.41) is 1.69. The first-order valence-electron chi connectivity index (χ1n) is 10.8. The maximum atomic E-state index is 15.1. The van der Waals surface area contributed by atoms with E-state index in [1.807, 2.05) is 0 Å². The van der Waals surface area contributed by atoms with Gasteiger partial charge in [-0.15, -0.1) is 0 Å². The molecule has 0 heterocycles. The molecule has 35 heavy (non-hydrogen) atoms. The van der Waals surface area contributed by atoms with Crippen LogP contribution in [0, 0.1) is 0 Å². The Morgan fingerprint density at radius 3 is 1.23 bits per heavy atom. The van der Waals surface area contributed by atoms with Crippen molar-refractivity contribution in [3.63, 3.8) is 0 Å². The van der Waals surface area contributed by atoms with Gasteiger partial charge in [-0.2, -0.15) is 22.0 Å². The molecule has 7 heteroatoms. The van der Waals surface area contributed by atoms with Crippen LogP contribution < -0.4 is 15.9 Å². The Morgan fingerprint density at radius 2 is 0.886 bits per heavy atom. The molecule has 0 atom stereocenters. The zero-order valence-corrected chi connectivity index (χ0v) is 19.3. The van der Waals surface area contributed by atoms with Crippen LogP contribution in [0.15, 0.2) is 132 Å². The van der Waals surface area contributed by atoms with Gasteiger partial charge >= 0.3 is 12.1 Å². The Balaban J connectivity index is 2.18. The molecule has 0 fully saturated rings. The fraction of sp³-hybridized carbons (Fsp3) is 0.0714. The Labute approximate surface area is 200 Å². The number of benzene rings is 4. The summed E-state index contributed by atoms with van der Waals surface area (Å²) in [6, 6.07) is 33.8. The van der Waals surface area contributed by atoms with Crippen LogP contribution in [0.25, 0.3) is 6.08 Å². The van der Waals surface area contributed by atoms with Crippen molar-refractivity contribution in [1.29, 1.82) is 0 Å². The van der Waals surface area contributed by atoms with Gasteiger partial charge in [0.05, 0.1) is 7.05 Å². The second-order valence-corrected chi connectivity index (χ2v) is 10.8. The molecule has 4 aromatic carbocycles. The van der Waals surface area contributed by atoms with Crippen LogP contribution in [0.4, 0.5) is 22.0 Å². The molecule has 0 N–H and O–H groups in total. The fourth-order valence-electron chi connectivity index (χ4n) is 3.75. The van der Waals surface area contributed by atoms with Crippen LogP contribution >= 0.6 is 7.05 Å². The van der Waals surface area contributed by atoms with Crippen molar-refractivity contribution in [1.82, 2.24) is 0 Å². The molecule has 0 aliphatic heterocycles. The summed E-state index contributed by atoms with van der Waals surface area (Å²) >= 11 is 0. The van der Waals surface area contributed by atoms with E-state index in [4.69, 9.17) is 0 Å². The molecule has 0 bridgehead atoms. The summed E-state index contributed by atoms with van der Waals surface area (Å²) in [7, 11) is -3.34. The molecule has 0 aliphatic rings. The van der Waals surface area contributed by atoms with Crippen molar-refractivity contribution < 1.29 is 22.0 Å². The normalized spacial score (nSPS) is 12.9. The van der Waals surface area contributed by atoms with E-state index in [1.54, 1.807) is 109 Å². The molecule has 0 radical (unpaired) electrons. The molecule has 4 rings (SSSR count). The van der Waals surface area contributed by atoms with Gasteiger partial charge in [0.2, 0.25) is 0 Å². The minimum absolute atomic E-state index is 0.197. The number of hydrogen-bond donors (Lipinski definition) is 0. The molecule has 178 valence electrons. The smallest absolute Gasteiger partial charge is 0.252 e. The Bertz CT molecular complexity index is 1230. The highest BCUT2D eigenvalue weighted by atomic mass is 31.2. The van der Waals surface area contributed by atoms with Crippen molar-refractivity contribution in [2.24, 2.45) is 4.74 Å². The van der Waals surface area contributed by atoms with E-state index < -0.39 is 24.9 Å². The van der Waals surface area contributed by atoms with Crippen LogP contribution in [0.5, 0.6) is 0 Å². The highest BCUT2D eigenvalue weighted by molar-refractivity contribution is 7.87. The van der Waals surface area contributed by atoms with Crippen LogP contribution in [0.2, 0.25) is 0 Å². The summed E-state index contributed by atoms with van der Waals surface area (Å²) in [6.45, 7) is 0. The summed E-state index contributed by atoms with van der Waals surface area (Å²) in [6.07, 6.45) is -4.99. The van der Waals surface area contributed by atoms with Gasteiger partial charge in [0.1, 0.15) is 5.70 Å². The highest BCUT2D eigenvalue weighted by Gasteiger charge is 2.61. The number of alkyl halides is 5. The monoisotopic (exact) mass is 497 g/mol. The van der Waals surface area contributed by atoms with Gasteiger partial charge in [-0.3, -0.25) is 4.74 Å². The maximum Gasteiger partial charge on any atom is 0.459 e. The lowest BCUT2D eigenvalue weighted by Gasteiger charge is -2.29. The lowest BCUT2D eigenvalue weighted by Crippen LogP contribution is -2.38. The first-order chi connectivity index (χ1) is 16.7. The van der Waals surface area contributed by atoms with E-state index in [0.717, 1.165) is 6.08 Å². The minimum atomic E-state index is -5.82. The number of allylic oxidation sites excluding steroid dienone is 1. The standard InChI is InChI=1S/C28H21F5NP/c29-27(30,28(31,32)33)26(21-22-13-5-1-6-14-22)34-35(23-15-7-2-8-16-23,24-17-9-3-10-18-24)25-19-11-4-12-20-25/h1-21H/b26-21+. The summed E-state index contributed by atoms with van der Waals surface area (Å²) < 4.78 is 75.8. The van der Waals surface area contributed by atoms with E-state index in [1.165, 1.54) is 12.1 Å². The summed E-state index contributed by atoms with van der Waals surface area (Å²) in [4.78, 5) is 0. The van der Waals surface area contributed by atoms with E-state index in [0.29, 0.717) is 15.9 Å². The van der Waals surface area contributed by atoms with Crippen LogP contribution in [0.3, 0.4) is 0 Å². The third kappa shape index (κ3) is 4.98. The zero-order valence-electron chi connectivity index (χ0n) is 18.4. The van der Waals surface area contributed by atoms with Gasteiger partial charge in [-0.05, 0) is 11.6 Å². The lowest BCUT2D eigenvalue weighted by atomic mass is 10.1. The average Bonchev–Trinajstić information content (AvgIpc) is 2.88. The van der Waals surface area contributed by atoms with Crippen molar-refractivity contribution in [3.8, 4) is 0 Å². The van der Waals surface area contributed by atoms with E-state index >= 15 is 8.78 Å². The molecule has 0 spiro atoms. The molecule has 0 unspecified atom stereocenters. The van der Waals surface area contributed by atoms with E-state index in [9.17, 15) is 13.2 Å². The fourth-order valence-corrected chi connectivity index (χ4v) is 7.31. The zero-order chi connectivity index (χ0) is 24.9. The maximum absolute atomic E-state index is 15.1. The third-order valence-corrected chi connectivity index (χ3v) is 9.08. The van der Waals surface area contributed by atoms with Gasteiger partial charge in [0.15, 0.2) is 0 Å². The molecule has 0 amide bonds. The topological polar surface area (TPSA) is 12.4 Å². The predicted octanol–water partition coefficient (Wildman–Crippen LogP) is 7.40. The lowest BCUT2D eigenvalue weighted by molar-refractivity contribution is -0.264. The Hall–Kier alpha value is -3.50. The number of hydrogen-bond acceptors (Lipinski definition) is 1. The predicted molar refractivity (Wildman–Crippen MR) is 133 cm³/mol. The van der Waals surface area contributed by atoms with Crippen molar-refractivity contribution >= 4 is 29.0 Å². The summed E-state index contributed by atoms with van der Waals surface area (Å²) in [5.41, 5.74) is -1.14.